The largest absolute Gasteiger partial charge is 0.355 e. The van der Waals surface area contributed by atoms with E-state index in [4.69, 9.17) is 23.2 Å². The van der Waals surface area contributed by atoms with Crippen LogP contribution in [-0.4, -0.2) is 24.9 Å². The van der Waals surface area contributed by atoms with E-state index >= 15 is 0 Å². The molecule has 0 aliphatic rings. The van der Waals surface area contributed by atoms with Gasteiger partial charge in [0.15, 0.2) is 0 Å². The molecule has 0 atom stereocenters. The Morgan fingerprint density at radius 2 is 1.70 bits per heavy atom. The molecule has 0 spiro atoms. The minimum Gasteiger partial charge on any atom is -0.355 e. The molecule has 2 N–H and O–H groups in total. The number of amides is 2. The first-order valence-electron chi connectivity index (χ1n) is 6.23. The lowest BCUT2D eigenvalue weighted by atomic mass is 9.84. The number of nitrogens with one attached hydrogen (secondary N) is 2. The summed E-state index contributed by atoms with van der Waals surface area (Å²) in [5.74, 6) is -0.260. The molecule has 4 nitrogen and oxygen atoms in total. The summed E-state index contributed by atoms with van der Waals surface area (Å²) in [7, 11) is 0. The van der Waals surface area contributed by atoms with E-state index in [2.05, 4.69) is 10.6 Å². The molecule has 6 heteroatoms. The maximum absolute atomic E-state index is 12.2. The Kier molecular flexibility index (Phi) is 5.84. The third-order valence-electron chi connectivity index (χ3n) is 2.99. The average molecular weight is 317 g/mol. The van der Waals surface area contributed by atoms with Crippen LogP contribution in [0.2, 0.25) is 10.0 Å². The molecule has 1 aromatic rings. The zero-order chi connectivity index (χ0) is 15.3. The van der Waals surface area contributed by atoms with Gasteiger partial charge in [-0.15, -0.1) is 0 Å². The monoisotopic (exact) mass is 316 g/mol. The summed E-state index contributed by atoms with van der Waals surface area (Å²) in [5.41, 5.74) is 0.0497. The molecule has 0 saturated heterocycles. The summed E-state index contributed by atoms with van der Waals surface area (Å²) in [6.45, 7) is 5.82. The summed E-state index contributed by atoms with van der Waals surface area (Å²) in [6.07, 6.45) is 0. The lowest BCUT2D eigenvalue weighted by molar-refractivity contribution is -0.126. The van der Waals surface area contributed by atoms with E-state index in [1.165, 1.54) is 6.92 Å². The second-order valence-electron chi connectivity index (χ2n) is 4.99. The average Bonchev–Trinajstić information content (AvgIpc) is 2.37. The zero-order valence-corrected chi connectivity index (χ0v) is 13.2. The van der Waals surface area contributed by atoms with Crippen LogP contribution in [0, 0.1) is 0 Å². The molecule has 0 saturated carbocycles. The van der Waals surface area contributed by atoms with Gasteiger partial charge in [0.1, 0.15) is 0 Å². The van der Waals surface area contributed by atoms with Crippen LogP contribution in [0.4, 0.5) is 0 Å². The van der Waals surface area contributed by atoms with Crippen LogP contribution in [0.5, 0.6) is 0 Å². The van der Waals surface area contributed by atoms with Crippen LogP contribution in [0.3, 0.4) is 0 Å². The van der Waals surface area contributed by atoms with Gasteiger partial charge in [0.2, 0.25) is 11.8 Å². The summed E-state index contributed by atoms with van der Waals surface area (Å²) in [4.78, 5) is 22.9. The molecule has 0 aliphatic carbocycles. The van der Waals surface area contributed by atoms with E-state index < -0.39 is 5.41 Å². The number of hydrogen-bond acceptors (Lipinski definition) is 2. The highest BCUT2D eigenvalue weighted by molar-refractivity contribution is 6.42. The summed E-state index contributed by atoms with van der Waals surface area (Å²) < 4.78 is 0. The predicted octanol–water partition coefficient (Wildman–Crippen LogP) is 2.52. The third kappa shape index (κ3) is 4.39. The topological polar surface area (TPSA) is 58.2 Å². The molecule has 0 bridgehead atoms. The molecule has 20 heavy (non-hydrogen) atoms. The quantitative estimate of drug-likeness (QED) is 0.820. The van der Waals surface area contributed by atoms with Gasteiger partial charge in [-0.3, -0.25) is 9.59 Å². The maximum Gasteiger partial charge on any atom is 0.230 e. The Morgan fingerprint density at radius 1 is 1.10 bits per heavy atom. The molecule has 110 valence electrons. The lowest BCUT2D eigenvalue weighted by Crippen LogP contribution is -2.43. The lowest BCUT2D eigenvalue weighted by Gasteiger charge is -2.24. The zero-order valence-electron chi connectivity index (χ0n) is 11.7. The van der Waals surface area contributed by atoms with Crippen molar-refractivity contribution in [1.29, 1.82) is 0 Å². The highest BCUT2D eigenvalue weighted by Crippen LogP contribution is 2.30. The smallest absolute Gasteiger partial charge is 0.230 e. The Balaban J connectivity index is 2.69. The molecule has 2 amide bonds. The van der Waals surface area contributed by atoms with Crippen LogP contribution >= 0.6 is 23.2 Å². The molecule has 1 aromatic carbocycles. The van der Waals surface area contributed by atoms with Crippen LogP contribution in [0.25, 0.3) is 0 Å². The SMILES string of the molecule is CC(=O)NCCNC(=O)C(C)(C)c1ccc(Cl)c(Cl)c1. The Bertz CT molecular complexity index is 516. The molecule has 0 radical (unpaired) electrons. The second kappa shape index (κ2) is 6.95. The first-order valence-corrected chi connectivity index (χ1v) is 6.99. The van der Waals surface area contributed by atoms with E-state index in [1.54, 1.807) is 32.0 Å². The van der Waals surface area contributed by atoms with Crippen molar-refractivity contribution in [3.8, 4) is 0 Å². The molecular weight excluding hydrogens is 299 g/mol. The Hall–Kier alpha value is -1.26. The van der Waals surface area contributed by atoms with Gasteiger partial charge in [-0.2, -0.15) is 0 Å². The summed E-state index contributed by atoms with van der Waals surface area (Å²) >= 11 is 11.8. The summed E-state index contributed by atoms with van der Waals surface area (Å²) in [5, 5.41) is 6.27. The van der Waals surface area contributed by atoms with Crippen molar-refractivity contribution in [1.82, 2.24) is 10.6 Å². The first-order chi connectivity index (χ1) is 9.25. The number of carbonyl (C=O) groups is 2. The van der Waals surface area contributed by atoms with Gasteiger partial charge in [-0.25, -0.2) is 0 Å². The molecule has 0 aliphatic heterocycles. The third-order valence-corrected chi connectivity index (χ3v) is 3.73. The van der Waals surface area contributed by atoms with Crippen molar-refractivity contribution in [2.24, 2.45) is 0 Å². The van der Waals surface area contributed by atoms with Gasteiger partial charge in [0, 0.05) is 20.0 Å². The standard InChI is InChI=1S/C14H18Cl2N2O2/c1-9(19)17-6-7-18-13(20)14(2,3)10-4-5-11(15)12(16)8-10/h4-5,8H,6-7H2,1-3H3,(H,17,19)(H,18,20). The number of halogens is 2. The van der Waals surface area contributed by atoms with Crippen molar-refractivity contribution in [2.45, 2.75) is 26.2 Å². The van der Waals surface area contributed by atoms with Crippen molar-refractivity contribution in [3.63, 3.8) is 0 Å². The second-order valence-corrected chi connectivity index (χ2v) is 5.81. The van der Waals surface area contributed by atoms with E-state index in [-0.39, 0.29) is 11.8 Å². The Morgan fingerprint density at radius 3 is 2.25 bits per heavy atom. The number of hydrogen-bond donors (Lipinski definition) is 2. The predicted molar refractivity (Wildman–Crippen MR) is 81.2 cm³/mol. The molecular formula is C14H18Cl2N2O2. The van der Waals surface area contributed by atoms with Gasteiger partial charge < -0.3 is 10.6 Å². The van der Waals surface area contributed by atoms with E-state index in [0.717, 1.165) is 5.56 Å². The van der Waals surface area contributed by atoms with Crippen molar-refractivity contribution >= 4 is 35.0 Å². The number of rotatable bonds is 5. The van der Waals surface area contributed by atoms with Crippen LogP contribution in [0.15, 0.2) is 18.2 Å². The van der Waals surface area contributed by atoms with Crippen molar-refractivity contribution < 1.29 is 9.59 Å². The highest BCUT2D eigenvalue weighted by Gasteiger charge is 2.29. The van der Waals surface area contributed by atoms with E-state index in [1.807, 2.05) is 0 Å². The van der Waals surface area contributed by atoms with Gasteiger partial charge in [-0.05, 0) is 31.5 Å². The van der Waals surface area contributed by atoms with E-state index in [0.29, 0.717) is 23.1 Å². The van der Waals surface area contributed by atoms with Gasteiger partial charge >= 0.3 is 0 Å². The number of benzene rings is 1. The fourth-order valence-electron chi connectivity index (χ4n) is 1.65. The van der Waals surface area contributed by atoms with Crippen LogP contribution in [0.1, 0.15) is 26.3 Å². The number of carbonyl (C=O) groups excluding carboxylic acids is 2. The molecule has 0 unspecified atom stereocenters. The molecule has 0 fully saturated rings. The normalized spacial score (nSPS) is 11.1. The fraction of sp³-hybridized carbons (Fsp3) is 0.429. The first kappa shape index (κ1) is 16.8. The minimum absolute atomic E-state index is 0.122. The van der Waals surface area contributed by atoms with Gasteiger partial charge in [0.05, 0.1) is 15.5 Å². The van der Waals surface area contributed by atoms with Crippen molar-refractivity contribution in [2.75, 3.05) is 13.1 Å². The minimum atomic E-state index is -0.732. The molecule has 0 heterocycles. The fourth-order valence-corrected chi connectivity index (χ4v) is 1.95. The van der Waals surface area contributed by atoms with Gasteiger partial charge in [-0.1, -0.05) is 29.3 Å². The van der Waals surface area contributed by atoms with Gasteiger partial charge in [0.25, 0.3) is 0 Å². The van der Waals surface area contributed by atoms with Crippen LogP contribution < -0.4 is 10.6 Å². The van der Waals surface area contributed by atoms with Crippen LogP contribution in [-0.2, 0) is 15.0 Å². The molecule has 0 aromatic heterocycles. The molecule has 1 rings (SSSR count). The Labute approximate surface area is 128 Å². The summed E-state index contributed by atoms with van der Waals surface area (Å²) in [6, 6.07) is 5.14. The maximum atomic E-state index is 12.2. The van der Waals surface area contributed by atoms with E-state index in [9.17, 15) is 9.59 Å². The van der Waals surface area contributed by atoms with Crippen molar-refractivity contribution in [3.05, 3.63) is 33.8 Å². The highest BCUT2D eigenvalue weighted by atomic mass is 35.5.